The van der Waals surface area contributed by atoms with Crippen molar-refractivity contribution in [2.24, 2.45) is 0 Å². The molecule has 1 N–H and O–H groups in total. The van der Waals surface area contributed by atoms with E-state index < -0.39 is 6.04 Å². The molecule has 0 aliphatic carbocycles. The fourth-order valence-electron chi connectivity index (χ4n) is 3.41. The van der Waals surface area contributed by atoms with Crippen molar-refractivity contribution < 1.29 is 9.53 Å². The molecule has 4 rings (SSSR count). The average molecular weight is 420 g/mol. The lowest BCUT2D eigenvalue weighted by atomic mass is 10.1. The summed E-state index contributed by atoms with van der Waals surface area (Å²) in [4.78, 5) is 12.9. The van der Waals surface area contributed by atoms with Crippen molar-refractivity contribution in [3.63, 3.8) is 0 Å². The minimum Gasteiger partial charge on any atom is -0.497 e. The Hall–Kier alpha value is -3.31. The monoisotopic (exact) mass is 419 g/mol. The summed E-state index contributed by atoms with van der Waals surface area (Å²) in [5, 5.41) is 9.33. The van der Waals surface area contributed by atoms with Crippen LogP contribution in [0.2, 0.25) is 5.02 Å². The van der Waals surface area contributed by atoms with Gasteiger partial charge in [0.2, 0.25) is 5.91 Å². The third-order valence-corrected chi connectivity index (χ3v) is 5.32. The van der Waals surface area contributed by atoms with Crippen molar-refractivity contribution in [2.45, 2.75) is 19.5 Å². The van der Waals surface area contributed by atoms with Crippen molar-refractivity contribution in [3.8, 4) is 17.0 Å². The molecule has 0 aliphatic heterocycles. The molecule has 0 saturated heterocycles. The van der Waals surface area contributed by atoms with Crippen LogP contribution in [0.5, 0.6) is 5.75 Å². The van der Waals surface area contributed by atoms with Crippen LogP contribution < -0.4 is 10.1 Å². The molecule has 1 amide bonds. The van der Waals surface area contributed by atoms with Crippen LogP contribution in [0.25, 0.3) is 22.2 Å². The molecule has 0 radical (unpaired) electrons. The first-order chi connectivity index (χ1) is 14.6. The normalized spacial score (nSPS) is 12.0. The summed E-state index contributed by atoms with van der Waals surface area (Å²) < 4.78 is 6.93. The van der Waals surface area contributed by atoms with Crippen LogP contribution in [0.1, 0.15) is 18.5 Å². The van der Waals surface area contributed by atoms with Gasteiger partial charge in [0.05, 0.1) is 12.6 Å². The molecule has 30 heavy (non-hydrogen) atoms. The zero-order valence-electron chi connectivity index (χ0n) is 16.8. The van der Waals surface area contributed by atoms with Crippen LogP contribution >= 0.6 is 11.6 Å². The molecule has 1 atom stereocenters. The summed E-state index contributed by atoms with van der Waals surface area (Å²) in [6.07, 6.45) is 0. The molecule has 0 saturated carbocycles. The third kappa shape index (κ3) is 4.02. The zero-order chi connectivity index (χ0) is 21.1. The lowest BCUT2D eigenvalue weighted by Gasteiger charge is -2.14. The summed E-state index contributed by atoms with van der Waals surface area (Å²) in [7, 11) is 1.63. The Bertz CT molecular complexity index is 1170. The molecular formula is C24H22ClN3O2. The Morgan fingerprint density at radius 2 is 1.83 bits per heavy atom. The summed E-state index contributed by atoms with van der Waals surface area (Å²) in [6.45, 7) is 2.28. The van der Waals surface area contributed by atoms with Gasteiger partial charge in [-0.1, -0.05) is 54.1 Å². The number of hydrogen-bond acceptors (Lipinski definition) is 3. The van der Waals surface area contributed by atoms with Gasteiger partial charge in [0.25, 0.3) is 0 Å². The summed E-state index contributed by atoms with van der Waals surface area (Å²) >= 11 is 6.24. The van der Waals surface area contributed by atoms with Gasteiger partial charge >= 0.3 is 0 Å². The SMILES string of the molecule is COc1ccc(CNC(=O)C(C)n2nc(-c3ccccc3)c3cc(Cl)ccc32)cc1. The number of benzene rings is 3. The van der Waals surface area contributed by atoms with E-state index in [4.69, 9.17) is 21.4 Å². The lowest BCUT2D eigenvalue weighted by Crippen LogP contribution is -2.31. The van der Waals surface area contributed by atoms with Crippen molar-refractivity contribution >= 4 is 28.4 Å². The highest BCUT2D eigenvalue weighted by atomic mass is 35.5. The van der Waals surface area contributed by atoms with Gasteiger partial charge in [-0.3, -0.25) is 9.48 Å². The zero-order valence-corrected chi connectivity index (χ0v) is 17.6. The molecule has 0 spiro atoms. The van der Waals surface area contributed by atoms with E-state index in [0.29, 0.717) is 11.6 Å². The van der Waals surface area contributed by atoms with Crippen molar-refractivity contribution in [1.29, 1.82) is 0 Å². The van der Waals surface area contributed by atoms with Gasteiger partial charge in [0.1, 0.15) is 17.5 Å². The number of amides is 1. The predicted octanol–water partition coefficient (Wildman–Crippen LogP) is 5.24. The van der Waals surface area contributed by atoms with Gasteiger partial charge in [0.15, 0.2) is 0 Å². The van der Waals surface area contributed by atoms with Gasteiger partial charge in [-0.05, 0) is 42.8 Å². The van der Waals surface area contributed by atoms with Crippen LogP contribution in [0.3, 0.4) is 0 Å². The van der Waals surface area contributed by atoms with Gasteiger partial charge in [-0.15, -0.1) is 0 Å². The number of hydrogen-bond donors (Lipinski definition) is 1. The predicted molar refractivity (Wildman–Crippen MR) is 120 cm³/mol. The van der Waals surface area contributed by atoms with Crippen LogP contribution in [0.4, 0.5) is 0 Å². The smallest absolute Gasteiger partial charge is 0.244 e. The van der Waals surface area contributed by atoms with E-state index in [2.05, 4.69) is 5.32 Å². The van der Waals surface area contributed by atoms with E-state index in [1.165, 1.54) is 0 Å². The molecule has 152 valence electrons. The Kier molecular flexibility index (Phi) is 5.72. The third-order valence-electron chi connectivity index (χ3n) is 5.09. The molecule has 3 aromatic carbocycles. The highest BCUT2D eigenvalue weighted by Crippen LogP contribution is 2.31. The van der Waals surface area contributed by atoms with Crippen LogP contribution in [0.15, 0.2) is 72.8 Å². The Balaban J connectivity index is 1.60. The summed E-state index contributed by atoms with van der Waals surface area (Å²) in [5.41, 5.74) is 3.65. The van der Waals surface area contributed by atoms with Gasteiger partial charge in [-0.25, -0.2) is 0 Å². The second-order valence-electron chi connectivity index (χ2n) is 7.06. The molecule has 4 aromatic rings. The summed E-state index contributed by atoms with van der Waals surface area (Å²) in [5.74, 6) is 0.679. The number of aromatic nitrogens is 2. The number of nitrogens with zero attached hydrogens (tertiary/aromatic N) is 2. The first-order valence-electron chi connectivity index (χ1n) is 9.70. The molecular weight excluding hydrogens is 398 g/mol. The topological polar surface area (TPSA) is 56.1 Å². The molecule has 0 bridgehead atoms. The van der Waals surface area contributed by atoms with E-state index in [1.807, 2.05) is 79.7 Å². The van der Waals surface area contributed by atoms with Crippen LogP contribution in [-0.4, -0.2) is 22.8 Å². The molecule has 0 aliphatic rings. The Labute approximate surface area is 180 Å². The molecule has 1 unspecified atom stereocenters. The Morgan fingerprint density at radius 3 is 2.53 bits per heavy atom. The van der Waals surface area contributed by atoms with Crippen molar-refractivity contribution in [2.75, 3.05) is 7.11 Å². The maximum Gasteiger partial charge on any atom is 0.244 e. The molecule has 1 heterocycles. The molecule has 5 nitrogen and oxygen atoms in total. The number of methoxy groups -OCH3 is 1. The van der Waals surface area contributed by atoms with E-state index in [9.17, 15) is 4.79 Å². The fourth-order valence-corrected chi connectivity index (χ4v) is 3.58. The van der Waals surface area contributed by atoms with Gasteiger partial charge in [0, 0.05) is 22.5 Å². The molecule has 1 aromatic heterocycles. The standard InChI is InChI=1S/C24H22ClN3O2/c1-16(24(29)26-15-17-8-11-20(30-2)12-9-17)28-22-13-10-19(25)14-21(22)23(27-28)18-6-4-3-5-7-18/h3-14,16H,15H2,1-2H3,(H,26,29). The minimum absolute atomic E-state index is 0.107. The quantitative estimate of drug-likeness (QED) is 0.464. The number of nitrogens with one attached hydrogen (secondary N) is 1. The number of rotatable bonds is 6. The second kappa shape index (κ2) is 8.59. The number of carbonyl (C=O) groups excluding carboxylic acids is 1. The van der Waals surface area contributed by atoms with E-state index in [0.717, 1.165) is 33.5 Å². The van der Waals surface area contributed by atoms with Crippen molar-refractivity contribution in [1.82, 2.24) is 15.1 Å². The molecule has 0 fully saturated rings. The first-order valence-corrected chi connectivity index (χ1v) is 10.1. The fraction of sp³-hybridized carbons (Fsp3) is 0.167. The lowest BCUT2D eigenvalue weighted by molar-refractivity contribution is -0.124. The van der Waals surface area contributed by atoms with E-state index in [-0.39, 0.29) is 5.91 Å². The van der Waals surface area contributed by atoms with Crippen LogP contribution in [-0.2, 0) is 11.3 Å². The second-order valence-corrected chi connectivity index (χ2v) is 7.50. The number of halogens is 1. The highest BCUT2D eigenvalue weighted by molar-refractivity contribution is 6.31. The number of ether oxygens (including phenoxy) is 1. The van der Waals surface area contributed by atoms with Gasteiger partial charge < -0.3 is 10.1 Å². The number of fused-ring (bicyclic) bond motifs is 1. The van der Waals surface area contributed by atoms with Crippen molar-refractivity contribution in [3.05, 3.63) is 83.4 Å². The Morgan fingerprint density at radius 1 is 1.10 bits per heavy atom. The maximum absolute atomic E-state index is 12.9. The largest absolute Gasteiger partial charge is 0.497 e. The maximum atomic E-state index is 12.9. The van der Waals surface area contributed by atoms with Crippen LogP contribution in [0, 0.1) is 0 Å². The molecule has 6 heteroatoms. The average Bonchev–Trinajstić information content (AvgIpc) is 3.16. The minimum atomic E-state index is -0.482. The first kappa shape index (κ1) is 20.0. The van der Waals surface area contributed by atoms with E-state index >= 15 is 0 Å². The summed E-state index contributed by atoms with van der Waals surface area (Å²) in [6, 6.07) is 22.7. The highest BCUT2D eigenvalue weighted by Gasteiger charge is 2.21. The number of carbonyl (C=O) groups is 1. The van der Waals surface area contributed by atoms with E-state index in [1.54, 1.807) is 11.8 Å². The van der Waals surface area contributed by atoms with Gasteiger partial charge in [-0.2, -0.15) is 5.10 Å².